The first-order valence-electron chi connectivity index (χ1n) is 5.75. The molecule has 0 unspecified atom stereocenters. The van der Waals surface area contributed by atoms with Crippen molar-refractivity contribution in [2.75, 3.05) is 0 Å². The third-order valence-electron chi connectivity index (χ3n) is 2.98. The van der Waals surface area contributed by atoms with Gasteiger partial charge in [-0.3, -0.25) is 0 Å². The Morgan fingerprint density at radius 2 is 2.12 bits per heavy atom. The van der Waals surface area contributed by atoms with E-state index >= 15 is 0 Å². The molecule has 16 heavy (non-hydrogen) atoms. The van der Waals surface area contributed by atoms with Crippen molar-refractivity contribution in [1.82, 2.24) is 5.32 Å². The van der Waals surface area contributed by atoms with E-state index in [0.717, 1.165) is 13.1 Å². The minimum Gasteiger partial charge on any atom is -0.307 e. The van der Waals surface area contributed by atoms with Crippen LogP contribution in [0.5, 0.6) is 0 Å². The van der Waals surface area contributed by atoms with Crippen LogP contribution in [0.4, 0.5) is 0 Å². The standard InChI is InChI=1S/C13H15NS2/c1-3-10-7-12(16-13(10)5-1)9-14-8-11-4-2-6-15-11/h2,4,6-7,14H,1,3,5,8-9H2. The Hall–Kier alpha value is -0.640. The Kier molecular flexibility index (Phi) is 3.09. The van der Waals surface area contributed by atoms with Gasteiger partial charge in [0.05, 0.1) is 0 Å². The minimum absolute atomic E-state index is 1.00. The first kappa shape index (κ1) is 10.5. The second-order valence-corrected chi connectivity index (χ2v) is 6.45. The first-order valence-corrected chi connectivity index (χ1v) is 7.45. The topological polar surface area (TPSA) is 12.0 Å². The zero-order valence-electron chi connectivity index (χ0n) is 9.16. The molecule has 2 aromatic rings. The van der Waals surface area contributed by atoms with E-state index in [0.29, 0.717) is 0 Å². The number of aryl methyl sites for hydroxylation is 2. The average Bonchev–Trinajstić information content (AvgIpc) is 2.91. The molecule has 0 bridgehead atoms. The van der Waals surface area contributed by atoms with Crippen molar-refractivity contribution in [3.63, 3.8) is 0 Å². The van der Waals surface area contributed by atoms with Crippen LogP contribution < -0.4 is 5.32 Å². The van der Waals surface area contributed by atoms with Crippen LogP contribution in [-0.2, 0) is 25.9 Å². The van der Waals surface area contributed by atoms with Crippen LogP contribution >= 0.6 is 22.7 Å². The molecule has 0 radical (unpaired) electrons. The van der Waals surface area contributed by atoms with E-state index in [-0.39, 0.29) is 0 Å². The Labute approximate surface area is 104 Å². The maximum absolute atomic E-state index is 3.51. The molecule has 0 spiro atoms. The number of hydrogen-bond acceptors (Lipinski definition) is 3. The molecule has 0 fully saturated rings. The SMILES string of the molecule is c1csc(CNCc2cc3c(s2)CCC3)c1. The van der Waals surface area contributed by atoms with Crippen molar-refractivity contribution < 1.29 is 0 Å². The van der Waals surface area contributed by atoms with Crippen molar-refractivity contribution in [2.24, 2.45) is 0 Å². The highest BCUT2D eigenvalue weighted by Crippen LogP contribution is 2.30. The second kappa shape index (κ2) is 4.70. The number of thiophene rings is 2. The van der Waals surface area contributed by atoms with Crippen LogP contribution in [0.3, 0.4) is 0 Å². The largest absolute Gasteiger partial charge is 0.307 e. The molecule has 84 valence electrons. The van der Waals surface area contributed by atoms with Crippen molar-refractivity contribution >= 4 is 22.7 Å². The lowest BCUT2D eigenvalue weighted by Gasteiger charge is -2.00. The van der Waals surface area contributed by atoms with Crippen molar-refractivity contribution in [1.29, 1.82) is 0 Å². The Balaban J connectivity index is 1.54. The van der Waals surface area contributed by atoms with Gasteiger partial charge in [0.1, 0.15) is 0 Å². The zero-order valence-corrected chi connectivity index (χ0v) is 10.8. The van der Waals surface area contributed by atoms with Crippen molar-refractivity contribution in [2.45, 2.75) is 32.4 Å². The lowest BCUT2D eigenvalue weighted by atomic mass is 10.2. The Morgan fingerprint density at radius 3 is 2.94 bits per heavy atom. The van der Waals surface area contributed by atoms with Gasteiger partial charge in [-0.15, -0.1) is 22.7 Å². The van der Waals surface area contributed by atoms with E-state index in [2.05, 4.69) is 28.9 Å². The molecule has 0 atom stereocenters. The summed E-state index contributed by atoms with van der Waals surface area (Å²) < 4.78 is 0. The van der Waals surface area contributed by atoms with Gasteiger partial charge in [0.25, 0.3) is 0 Å². The third kappa shape index (κ3) is 2.21. The van der Waals surface area contributed by atoms with Gasteiger partial charge in [0, 0.05) is 27.7 Å². The normalized spacial score (nSPS) is 14.2. The maximum Gasteiger partial charge on any atom is 0.0303 e. The molecule has 2 heterocycles. The average molecular weight is 249 g/mol. The lowest BCUT2D eigenvalue weighted by molar-refractivity contribution is 0.708. The lowest BCUT2D eigenvalue weighted by Crippen LogP contribution is -2.10. The van der Waals surface area contributed by atoms with E-state index in [1.165, 1.54) is 29.0 Å². The molecule has 2 aromatic heterocycles. The highest BCUT2D eigenvalue weighted by molar-refractivity contribution is 7.12. The number of nitrogens with one attached hydrogen (secondary N) is 1. The molecule has 0 aromatic carbocycles. The molecule has 1 aliphatic carbocycles. The number of fused-ring (bicyclic) bond motifs is 1. The highest BCUT2D eigenvalue weighted by atomic mass is 32.1. The summed E-state index contributed by atoms with van der Waals surface area (Å²) in [5, 5.41) is 5.65. The van der Waals surface area contributed by atoms with Gasteiger partial charge in [0.2, 0.25) is 0 Å². The minimum atomic E-state index is 1.00. The van der Waals surface area contributed by atoms with Crippen LogP contribution in [0.15, 0.2) is 23.6 Å². The van der Waals surface area contributed by atoms with Crippen LogP contribution in [0, 0.1) is 0 Å². The van der Waals surface area contributed by atoms with Crippen LogP contribution in [0.2, 0.25) is 0 Å². The summed E-state index contributed by atoms with van der Waals surface area (Å²) in [6, 6.07) is 6.70. The summed E-state index contributed by atoms with van der Waals surface area (Å²) in [7, 11) is 0. The third-order valence-corrected chi connectivity index (χ3v) is 5.09. The molecule has 3 heteroatoms. The second-order valence-electron chi connectivity index (χ2n) is 4.20. The van der Waals surface area contributed by atoms with Gasteiger partial charge in [-0.05, 0) is 42.3 Å². The first-order chi connectivity index (χ1) is 7.92. The quantitative estimate of drug-likeness (QED) is 0.873. The van der Waals surface area contributed by atoms with Crippen molar-refractivity contribution in [3.05, 3.63) is 43.8 Å². The molecule has 0 aliphatic heterocycles. The van der Waals surface area contributed by atoms with Crippen LogP contribution in [-0.4, -0.2) is 0 Å². The van der Waals surface area contributed by atoms with Gasteiger partial charge in [-0.25, -0.2) is 0 Å². The van der Waals surface area contributed by atoms with E-state index in [9.17, 15) is 0 Å². The van der Waals surface area contributed by atoms with E-state index in [1.807, 2.05) is 22.7 Å². The summed E-state index contributed by atoms with van der Waals surface area (Å²) in [6.45, 7) is 2.02. The molecular formula is C13H15NS2. The van der Waals surface area contributed by atoms with Gasteiger partial charge < -0.3 is 5.32 Å². The molecule has 0 saturated carbocycles. The summed E-state index contributed by atoms with van der Waals surface area (Å²) >= 11 is 3.82. The van der Waals surface area contributed by atoms with Crippen LogP contribution in [0.1, 0.15) is 26.6 Å². The molecular weight excluding hydrogens is 234 g/mol. The molecule has 0 saturated heterocycles. The zero-order chi connectivity index (χ0) is 10.8. The van der Waals surface area contributed by atoms with Crippen LogP contribution in [0.25, 0.3) is 0 Å². The number of hydrogen-bond donors (Lipinski definition) is 1. The maximum atomic E-state index is 3.51. The molecule has 1 nitrogen and oxygen atoms in total. The highest BCUT2D eigenvalue weighted by Gasteiger charge is 2.14. The Bertz CT molecular complexity index is 435. The molecule has 1 aliphatic rings. The monoisotopic (exact) mass is 249 g/mol. The number of rotatable bonds is 4. The van der Waals surface area contributed by atoms with Gasteiger partial charge in [-0.1, -0.05) is 6.07 Å². The Morgan fingerprint density at radius 1 is 1.19 bits per heavy atom. The van der Waals surface area contributed by atoms with E-state index in [4.69, 9.17) is 0 Å². The fourth-order valence-electron chi connectivity index (χ4n) is 2.20. The molecule has 3 rings (SSSR count). The smallest absolute Gasteiger partial charge is 0.0303 e. The summed E-state index contributed by atoms with van der Waals surface area (Å²) in [5.41, 5.74) is 1.61. The van der Waals surface area contributed by atoms with E-state index < -0.39 is 0 Å². The summed E-state index contributed by atoms with van der Waals surface area (Å²) in [6.07, 6.45) is 3.98. The van der Waals surface area contributed by atoms with Gasteiger partial charge in [0.15, 0.2) is 0 Å². The molecule has 1 N–H and O–H groups in total. The van der Waals surface area contributed by atoms with Crippen molar-refractivity contribution in [3.8, 4) is 0 Å². The summed E-state index contributed by atoms with van der Waals surface area (Å²) in [4.78, 5) is 4.55. The molecule has 0 amide bonds. The summed E-state index contributed by atoms with van der Waals surface area (Å²) in [5.74, 6) is 0. The van der Waals surface area contributed by atoms with Gasteiger partial charge >= 0.3 is 0 Å². The predicted octanol–water partition coefficient (Wildman–Crippen LogP) is 3.59. The fourth-order valence-corrected chi connectivity index (χ4v) is 4.10. The van der Waals surface area contributed by atoms with E-state index in [1.54, 1.807) is 10.4 Å². The fraction of sp³-hybridized carbons (Fsp3) is 0.385. The predicted molar refractivity (Wildman–Crippen MR) is 71.2 cm³/mol. The van der Waals surface area contributed by atoms with Gasteiger partial charge in [-0.2, -0.15) is 0 Å².